The van der Waals surface area contributed by atoms with Crippen molar-refractivity contribution in [2.24, 2.45) is 0 Å². The van der Waals surface area contributed by atoms with Gasteiger partial charge >= 0.3 is 0 Å². The van der Waals surface area contributed by atoms with Crippen molar-refractivity contribution in [2.75, 3.05) is 13.7 Å². The first-order chi connectivity index (χ1) is 6.79. The second kappa shape index (κ2) is 5.78. The normalized spacial score (nSPS) is 13.1. The van der Waals surface area contributed by atoms with Gasteiger partial charge in [-0.1, -0.05) is 6.92 Å². The van der Waals surface area contributed by atoms with E-state index in [-0.39, 0.29) is 0 Å². The van der Waals surface area contributed by atoms with Crippen LogP contribution in [0.15, 0.2) is 12.3 Å². The fourth-order valence-corrected chi connectivity index (χ4v) is 1.40. The SMILES string of the molecule is CCCn1nccc1C(O)CCOC. The molecule has 0 aromatic carbocycles. The van der Waals surface area contributed by atoms with Crippen molar-refractivity contribution in [3.63, 3.8) is 0 Å². The molecule has 0 aliphatic heterocycles. The Morgan fingerprint density at radius 3 is 3.07 bits per heavy atom. The van der Waals surface area contributed by atoms with Gasteiger partial charge < -0.3 is 9.84 Å². The monoisotopic (exact) mass is 198 g/mol. The summed E-state index contributed by atoms with van der Waals surface area (Å²) in [5.41, 5.74) is 0.879. The maximum Gasteiger partial charge on any atom is 0.0978 e. The molecule has 0 amide bonds. The lowest BCUT2D eigenvalue weighted by Crippen LogP contribution is -2.10. The van der Waals surface area contributed by atoms with E-state index in [0.29, 0.717) is 13.0 Å². The Morgan fingerprint density at radius 2 is 2.43 bits per heavy atom. The minimum absolute atomic E-state index is 0.469. The molecule has 1 unspecified atom stereocenters. The standard InChI is InChI=1S/C10H18N2O2/c1-3-7-12-9(4-6-11-12)10(13)5-8-14-2/h4,6,10,13H,3,5,7-8H2,1-2H3. The number of aryl methyl sites for hydroxylation is 1. The molecule has 1 heterocycles. The van der Waals surface area contributed by atoms with Gasteiger partial charge in [-0.3, -0.25) is 4.68 Å². The second-order valence-corrected chi connectivity index (χ2v) is 3.28. The van der Waals surface area contributed by atoms with Crippen LogP contribution < -0.4 is 0 Å². The molecule has 0 aliphatic rings. The molecule has 0 radical (unpaired) electrons. The molecule has 0 spiro atoms. The molecule has 0 saturated heterocycles. The molecular weight excluding hydrogens is 180 g/mol. The Bertz CT molecular complexity index is 260. The van der Waals surface area contributed by atoms with Crippen LogP contribution in [0.25, 0.3) is 0 Å². The van der Waals surface area contributed by atoms with Crippen molar-refractivity contribution in [1.29, 1.82) is 0 Å². The molecule has 0 fully saturated rings. The molecule has 0 aliphatic carbocycles. The zero-order valence-corrected chi connectivity index (χ0v) is 8.81. The molecule has 80 valence electrons. The van der Waals surface area contributed by atoms with Crippen LogP contribution in [0.1, 0.15) is 31.6 Å². The van der Waals surface area contributed by atoms with Crippen LogP contribution in [0.2, 0.25) is 0 Å². The van der Waals surface area contributed by atoms with E-state index in [1.807, 2.05) is 10.7 Å². The zero-order valence-electron chi connectivity index (χ0n) is 8.81. The fourth-order valence-electron chi connectivity index (χ4n) is 1.40. The summed E-state index contributed by atoms with van der Waals surface area (Å²) >= 11 is 0. The van der Waals surface area contributed by atoms with E-state index in [9.17, 15) is 5.11 Å². The van der Waals surface area contributed by atoms with Crippen molar-refractivity contribution in [2.45, 2.75) is 32.4 Å². The van der Waals surface area contributed by atoms with Crippen LogP contribution in [0.3, 0.4) is 0 Å². The van der Waals surface area contributed by atoms with Crippen LogP contribution in [0.4, 0.5) is 0 Å². The predicted octanol–water partition coefficient (Wildman–Crippen LogP) is 1.36. The zero-order chi connectivity index (χ0) is 10.4. The van der Waals surface area contributed by atoms with E-state index >= 15 is 0 Å². The van der Waals surface area contributed by atoms with Gasteiger partial charge in [0, 0.05) is 32.9 Å². The molecule has 14 heavy (non-hydrogen) atoms. The number of ether oxygens (including phenoxy) is 1. The van der Waals surface area contributed by atoms with Gasteiger partial charge in [0.15, 0.2) is 0 Å². The van der Waals surface area contributed by atoms with Crippen LogP contribution in [0, 0.1) is 0 Å². The van der Waals surface area contributed by atoms with Gasteiger partial charge in [-0.15, -0.1) is 0 Å². The molecule has 1 aromatic heterocycles. The van der Waals surface area contributed by atoms with Gasteiger partial charge in [-0.05, 0) is 12.5 Å². The molecular formula is C10H18N2O2. The molecule has 1 aromatic rings. The lowest BCUT2D eigenvalue weighted by Gasteiger charge is -2.12. The van der Waals surface area contributed by atoms with E-state index in [4.69, 9.17) is 4.74 Å². The van der Waals surface area contributed by atoms with Crippen LogP contribution in [0.5, 0.6) is 0 Å². The predicted molar refractivity (Wildman–Crippen MR) is 54.0 cm³/mol. The van der Waals surface area contributed by atoms with E-state index < -0.39 is 6.10 Å². The van der Waals surface area contributed by atoms with Crippen molar-refractivity contribution in [1.82, 2.24) is 9.78 Å². The third-order valence-corrected chi connectivity index (χ3v) is 2.12. The van der Waals surface area contributed by atoms with Gasteiger partial charge in [-0.2, -0.15) is 5.10 Å². The summed E-state index contributed by atoms with van der Waals surface area (Å²) in [6, 6.07) is 1.86. The summed E-state index contributed by atoms with van der Waals surface area (Å²) in [7, 11) is 1.63. The lowest BCUT2D eigenvalue weighted by atomic mass is 10.2. The number of aliphatic hydroxyl groups excluding tert-OH is 1. The number of rotatable bonds is 6. The van der Waals surface area contributed by atoms with Crippen molar-refractivity contribution >= 4 is 0 Å². The van der Waals surface area contributed by atoms with Crippen LogP contribution in [-0.2, 0) is 11.3 Å². The highest BCUT2D eigenvalue weighted by atomic mass is 16.5. The first-order valence-corrected chi connectivity index (χ1v) is 4.98. The molecule has 0 saturated carbocycles. The summed E-state index contributed by atoms with van der Waals surface area (Å²) < 4.78 is 6.77. The summed E-state index contributed by atoms with van der Waals surface area (Å²) in [6.45, 7) is 3.51. The highest BCUT2D eigenvalue weighted by Gasteiger charge is 2.11. The van der Waals surface area contributed by atoms with Gasteiger partial charge in [-0.25, -0.2) is 0 Å². The third-order valence-electron chi connectivity index (χ3n) is 2.12. The maximum atomic E-state index is 9.81. The number of methoxy groups -OCH3 is 1. The van der Waals surface area contributed by atoms with Crippen molar-refractivity contribution in [3.8, 4) is 0 Å². The lowest BCUT2D eigenvalue weighted by molar-refractivity contribution is 0.104. The number of nitrogens with zero attached hydrogens (tertiary/aromatic N) is 2. The van der Waals surface area contributed by atoms with E-state index in [1.165, 1.54) is 0 Å². The Hall–Kier alpha value is -0.870. The van der Waals surface area contributed by atoms with Gasteiger partial charge in [0.2, 0.25) is 0 Å². The van der Waals surface area contributed by atoms with Crippen LogP contribution >= 0.6 is 0 Å². The average molecular weight is 198 g/mol. The van der Waals surface area contributed by atoms with Crippen molar-refractivity contribution in [3.05, 3.63) is 18.0 Å². The third kappa shape index (κ3) is 2.82. The summed E-state index contributed by atoms with van der Waals surface area (Å²) in [5, 5.41) is 14.0. The van der Waals surface area contributed by atoms with Gasteiger partial charge in [0.05, 0.1) is 11.8 Å². The number of hydrogen-bond acceptors (Lipinski definition) is 3. The van der Waals surface area contributed by atoms with Gasteiger partial charge in [0.25, 0.3) is 0 Å². The first-order valence-electron chi connectivity index (χ1n) is 4.98. The largest absolute Gasteiger partial charge is 0.387 e. The second-order valence-electron chi connectivity index (χ2n) is 3.28. The highest BCUT2D eigenvalue weighted by molar-refractivity contribution is 5.04. The van der Waals surface area contributed by atoms with E-state index in [2.05, 4.69) is 12.0 Å². The molecule has 1 rings (SSSR count). The maximum absolute atomic E-state index is 9.81. The molecule has 1 N–H and O–H groups in total. The number of aliphatic hydroxyl groups is 1. The highest BCUT2D eigenvalue weighted by Crippen LogP contribution is 2.16. The molecule has 4 nitrogen and oxygen atoms in total. The van der Waals surface area contributed by atoms with Crippen molar-refractivity contribution < 1.29 is 9.84 Å². The Kier molecular flexibility index (Phi) is 4.62. The van der Waals surface area contributed by atoms with E-state index in [1.54, 1.807) is 13.3 Å². The number of hydrogen-bond donors (Lipinski definition) is 1. The molecule has 4 heteroatoms. The Morgan fingerprint density at radius 1 is 1.64 bits per heavy atom. The summed E-state index contributed by atoms with van der Waals surface area (Å²) in [4.78, 5) is 0. The minimum Gasteiger partial charge on any atom is -0.387 e. The Balaban J connectivity index is 2.58. The minimum atomic E-state index is -0.469. The molecule has 1 atom stereocenters. The number of aromatic nitrogens is 2. The quantitative estimate of drug-likeness (QED) is 0.750. The topological polar surface area (TPSA) is 47.3 Å². The average Bonchev–Trinajstić information content (AvgIpc) is 2.63. The fraction of sp³-hybridized carbons (Fsp3) is 0.700. The molecule has 0 bridgehead atoms. The van der Waals surface area contributed by atoms with Gasteiger partial charge in [0.1, 0.15) is 0 Å². The van der Waals surface area contributed by atoms with Crippen LogP contribution in [-0.4, -0.2) is 28.6 Å². The summed E-state index contributed by atoms with van der Waals surface area (Å²) in [6.07, 6.45) is 2.89. The first kappa shape index (κ1) is 11.2. The van der Waals surface area contributed by atoms with E-state index in [0.717, 1.165) is 18.7 Å². The Labute approximate surface area is 84.5 Å². The summed E-state index contributed by atoms with van der Waals surface area (Å²) in [5.74, 6) is 0. The smallest absolute Gasteiger partial charge is 0.0978 e.